The maximum Gasteiger partial charge on any atom is 0.406 e. The molecule has 7 nitrogen and oxygen atoms in total. The SMILES string of the molecule is C[C@@H]1COCCN1Cc1cn(Cc2nccn2CC(F)(F)F)nn1. The van der Waals surface area contributed by atoms with E-state index >= 15 is 0 Å². The van der Waals surface area contributed by atoms with Crippen LogP contribution in [0.5, 0.6) is 0 Å². The molecule has 0 radical (unpaired) electrons. The summed E-state index contributed by atoms with van der Waals surface area (Å²) in [5.74, 6) is 0.295. The van der Waals surface area contributed by atoms with Crippen molar-refractivity contribution < 1.29 is 17.9 Å². The number of morpholine rings is 1. The Bertz CT molecular complexity index is 668. The third-order valence-corrected chi connectivity index (χ3v) is 3.91. The number of rotatable bonds is 5. The van der Waals surface area contributed by atoms with Crippen LogP contribution in [0.25, 0.3) is 0 Å². The molecule has 0 amide bonds. The van der Waals surface area contributed by atoms with Crippen LogP contribution in [-0.4, -0.2) is 61.4 Å². The highest BCUT2D eigenvalue weighted by molar-refractivity contribution is 4.98. The Labute approximate surface area is 137 Å². The number of aromatic nitrogens is 5. The van der Waals surface area contributed by atoms with E-state index < -0.39 is 12.7 Å². The average Bonchev–Trinajstić information content (AvgIpc) is 3.11. The largest absolute Gasteiger partial charge is 0.406 e. The molecule has 1 aliphatic heterocycles. The van der Waals surface area contributed by atoms with Gasteiger partial charge in [0.25, 0.3) is 0 Å². The molecular weight excluding hydrogens is 325 g/mol. The van der Waals surface area contributed by atoms with Gasteiger partial charge in [-0.05, 0) is 6.92 Å². The lowest BCUT2D eigenvalue weighted by molar-refractivity contribution is -0.141. The van der Waals surface area contributed by atoms with Crippen molar-refractivity contribution in [2.24, 2.45) is 0 Å². The van der Waals surface area contributed by atoms with Gasteiger partial charge in [0.1, 0.15) is 18.9 Å². The van der Waals surface area contributed by atoms with Crippen LogP contribution in [0.3, 0.4) is 0 Å². The zero-order chi connectivity index (χ0) is 17.2. The lowest BCUT2D eigenvalue weighted by Crippen LogP contribution is -2.42. The number of hydrogen-bond acceptors (Lipinski definition) is 5. The van der Waals surface area contributed by atoms with Crippen LogP contribution in [0, 0.1) is 0 Å². The fourth-order valence-corrected chi connectivity index (χ4v) is 2.67. The van der Waals surface area contributed by atoms with Crippen molar-refractivity contribution in [2.45, 2.75) is 38.8 Å². The summed E-state index contributed by atoms with van der Waals surface area (Å²) in [6, 6.07) is 0.301. The molecule has 1 aliphatic rings. The number of halogens is 3. The molecule has 132 valence electrons. The van der Waals surface area contributed by atoms with Gasteiger partial charge in [-0.25, -0.2) is 9.67 Å². The first-order chi connectivity index (χ1) is 11.4. The van der Waals surface area contributed by atoms with E-state index in [0.29, 0.717) is 31.6 Å². The molecule has 1 atom stereocenters. The molecule has 0 aliphatic carbocycles. The van der Waals surface area contributed by atoms with E-state index in [4.69, 9.17) is 4.74 Å². The molecular formula is C14H19F3N6O. The summed E-state index contributed by atoms with van der Waals surface area (Å²) in [6.45, 7) is 4.00. The van der Waals surface area contributed by atoms with E-state index in [1.54, 1.807) is 6.20 Å². The first-order valence-corrected chi connectivity index (χ1v) is 7.68. The fraction of sp³-hybridized carbons (Fsp3) is 0.643. The summed E-state index contributed by atoms with van der Waals surface area (Å²) in [6.07, 6.45) is 0.134. The standard InChI is InChI=1S/C14H19F3N6O/c1-11-9-24-5-4-21(11)6-12-7-23(20-19-12)8-13-18-2-3-22(13)10-14(15,16)17/h2-3,7,11H,4-6,8-10H2,1H3/t11-/m1/s1. The molecule has 0 N–H and O–H groups in total. The first kappa shape index (κ1) is 16.9. The van der Waals surface area contributed by atoms with Crippen molar-refractivity contribution in [3.8, 4) is 0 Å². The van der Waals surface area contributed by atoms with E-state index in [2.05, 4.69) is 27.1 Å². The van der Waals surface area contributed by atoms with E-state index in [9.17, 15) is 13.2 Å². The molecule has 0 spiro atoms. The normalized spacial score (nSPS) is 19.8. The third-order valence-electron chi connectivity index (χ3n) is 3.91. The molecule has 0 unspecified atom stereocenters. The van der Waals surface area contributed by atoms with E-state index in [1.807, 2.05) is 0 Å². The van der Waals surface area contributed by atoms with Crippen molar-refractivity contribution >= 4 is 0 Å². The maximum atomic E-state index is 12.5. The molecule has 0 bridgehead atoms. The van der Waals surface area contributed by atoms with Gasteiger partial charge in [-0.2, -0.15) is 13.2 Å². The summed E-state index contributed by atoms with van der Waals surface area (Å²) < 4.78 is 45.6. The second kappa shape index (κ2) is 6.89. The molecule has 1 fully saturated rings. The highest BCUT2D eigenvalue weighted by Crippen LogP contribution is 2.18. The van der Waals surface area contributed by atoms with Crippen molar-refractivity contribution in [1.29, 1.82) is 0 Å². The molecule has 0 aromatic carbocycles. The average molecular weight is 344 g/mol. The highest BCUT2D eigenvalue weighted by Gasteiger charge is 2.29. The molecule has 1 saturated heterocycles. The second-order valence-corrected chi connectivity index (χ2v) is 5.89. The second-order valence-electron chi connectivity index (χ2n) is 5.89. The number of imidazole rings is 1. The van der Waals surface area contributed by atoms with Crippen LogP contribution < -0.4 is 0 Å². The predicted octanol–water partition coefficient (Wildman–Crippen LogP) is 1.31. The fourth-order valence-electron chi connectivity index (χ4n) is 2.67. The lowest BCUT2D eigenvalue weighted by Gasteiger charge is -2.32. The summed E-state index contributed by atoms with van der Waals surface area (Å²) in [7, 11) is 0. The zero-order valence-electron chi connectivity index (χ0n) is 13.3. The smallest absolute Gasteiger partial charge is 0.379 e. The highest BCUT2D eigenvalue weighted by atomic mass is 19.4. The van der Waals surface area contributed by atoms with Gasteiger partial charge in [-0.1, -0.05) is 5.21 Å². The van der Waals surface area contributed by atoms with Gasteiger partial charge < -0.3 is 9.30 Å². The van der Waals surface area contributed by atoms with Crippen LogP contribution in [0.15, 0.2) is 18.6 Å². The quantitative estimate of drug-likeness (QED) is 0.818. The summed E-state index contributed by atoms with van der Waals surface area (Å²) in [5, 5.41) is 8.09. The van der Waals surface area contributed by atoms with Crippen molar-refractivity contribution in [3.63, 3.8) is 0 Å². The van der Waals surface area contributed by atoms with Crippen LogP contribution in [-0.2, 0) is 24.4 Å². The van der Waals surface area contributed by atoms with Gasteiger partial charge >= 0.3 is 6.18 Å². The van der Waals surface area contributed by atoms with E-state index in [-0.39, 0.29) is 6.54 Å². The molecule has 2 aromatic rings. The van der Waals surface area contributed by atoms with Crippen LogP contribution in [0.4, 0.5) is 13.2 Å². The van der Waals surface area contributed by atoms with Gasteiger partial charge in [0, 0.05) is 31.5 Å². The van der Waals surface area contributed by atoms with Gasteiger partial charge in [0.15, 0.2) is 0 Å². The van der Waals surface area contributed by atoms with Crippen LogP contribution >= 0.6 is 0 Å². The first-order valence-electron chi connectivity index (χ1n) is 7.68. The van der Waals surface area contributed by atoms with Crippen LogP contribution in [0.1, 0.15) is 18.4 Å². The minimum Gasteiger partial charge on any atom is -0.379 e. The number of alkyl halides is 3. The molecule has 0 saturated carbocycles. The summed E-state index contributed by atoms with van der Waals surface area (Å²) >= 11 is 0. The van der Waals surface area contributed by atoms with E-state index in [1.165, 1.54) is 17.1 Å². The van der Waals surface area contributed by atoms with Gasteiger partial charge in [-0.3, -0.25) is 4.90 Å². The Morgan fingerprint density at radius 1 is 1.33 bits per heavy atom. The minimum atomic E-state index is -4.28. The van der Waals surface area contributed by atoms with Crippen molar-refractivity contribution in [2.75, 3.05) is 19.8 Å². The van der Waals surface area contributed by atoms with Gasteiger partial charge in [0.2, 0.25) is 0 Å². The molecule has 24 heavy (non-hydrogen) atoms. The number of hydrogen-bond donors (Lipinski definition) is 0. The minimum absolute atomic E-state index is 0.148. The maximum absolute atomic E-state index is 12.5. The Hall–Kier alpha value is -1.94. The Balaban J connectivity index is 1.63. The Morgan fingerprint density at radius 2 is 2.17 bits per heavy atom. The number of ether oxygens (including phenoxy) is 1. The predicted molar refractivity (Wildman–Crippen MR) is 78.1 cm³/mol. The van der Waals surface area contributed by atoms with E-state index in [0.717, 1.165) is 16.8 Å². The van der Waals surface area contributed by atoms with Gasteiger partial charge in [0.05, 0.1) is 25.1 Å². The third kappa shape index (κ3) is 4.32. The molecule has 3 heterocycles. The Kier molecular flexibility index (Phi) is 4.86. The van der Waals surface area contributed by atoms with Crippen molar-refractivity contribution in [3.05, 3.63) is 30.1 Å². The summed E-state index contributed by atoms with van der Waals surface area (Å²) in [4.78, 5) is 6.22. The molecule has 3 rings (SSSR count). The lowest BCUT2D eigenvalue weighted by atomic mass is 10.2. The molecule has 2 aromatic heterocycles. The summed E-state index contributed by atoms with van der Waals surface area (Å²) in [5.41, 5.74) is 0.776. The van der Waals surface area contributed by atoms with Crippen molar-refractivity contribution in [1.82, 2.24) is 29.4 Å². The topological polar surface area (TPSA) is 61.0 Å². The number of nitrogens with zero attached hydrogens (tertiary/aromatic N) is 6. The van der Waals surface area contributed by atoms with Gasteiger partial charge in [-0.15, -0.1) is 5.10 Å². The monoisotopic (exact) mass is 344 g/mol. The molecule has 10 heteroatoms. The van der Waals surface area contributed by atoms with Crippen LogP contribution in [0.2, 0.25) is 0 Å². The Morgan fingerprint density at radius 3 is 2.92 bits per heavy atom. The zero-order valence-corrected chi connectivity index (χ0v) is 13.3.